The summed E-state index contributed by atoms with van der Waals surface area (Å²) in [5.41, 5.74) is 14.0. The zero-order chi connectivity index (χ0) is 39.0. The Labute approximate surface area is 315 Å². The van der Waals surface area contributed by atoms with Crippen LogP contribution in [0.15, 0.2) is 84.9 Å². The van der Waals surface area contributed by atoms with Crippen molar-refractivity contribution in [2.45, 2.75) is 82.6 Å². The molecule has 1 aliphatic heterocycles. The summed E-state index contributed by atoms with van der Waals surface area (Å²) in [6.45, 7) is 4.69. The number of rotatable bonds is 19. The minimum Gasteiger partial charge on any atom is -0.490 e. The molecule has 0 bridgehead atoms. The molecule has 14 nitrogen and oxygen atoms in total. The lowest BCUT2D eigenvalue weighted by molar-refractivity contribution is -0.134. The van der Waals surface area contributed by atoms with Crippen molar-refractivity contribution in [3.63, 3.8) is 0 Å². The zero-order valence-electron chi connectivity index (χ0n) is 30.8. The van der Waals surface area contributed by atoms with E-state index in [-0.39, 0.29) is 18.9 Å². The van der Waals surface area contributed by atoms with Gasteiger partial charge in [-0.05, 0) is 49.4 Å². The number of benzene rings is 3. The number of amides is 6. The average Bonchev–Trinajstić information content (AvgIpc) is 3.15. The number of hydrogen-bond acceptors (Lipinski definition) is 8. The van der Waals surface area contributed by atoms with Crippen LogP contribution in [0.4, 0.5) is 0 Å². The van der Waals surface area contributed by atoms with E-state index in [0.29, 0.717) is 6.54 Å². The van der Waals surface area contributed by atoms with Gasteiger partial charge in [0.1, 0.15) is 36.0 Å². The minimum absolute atomic E-state index is 0.0406. The number of nitrogens with two attached hydrogens (primary N) is 2. The molecular weight excluding hydrogens is 690 g/mol. The first-order valence-corrected chi connectivity index (χ1v) is 18.2. The van der Waals surface area contributed by atoms with Crippen molar-refractivity contribution in [1.29, 1.82) is 0 Å². The molecule has 3 aromatic rings. The molecule has 1 heterocycles. The van der Waals surface area contributed by atoms with Gasteiger partial charge in [-0.25, -0.2) is 0 Å². The van der Waals surface area contributed by atoms with Crippen molar-refractivity contribution < 1.29 is 33.5 Å². The predicted octanol–water partition coefficient (Wildman–Crippen LogP) is 1.09. The number of piperidine rings is 1. The SMILES string of the molecule is C[C@H](NC(=O)[C@H](C)NC(=O)[C@H](CC(N)=O)NC(=O)CCN1CCC(Oc2ccccc2Cc2ccccc2)CC1)C(=O)N[C@H](Cc1ccccc1)C(N)=O. The number of primary amides is 2. The van der Waals surface area contributed by atoms with E-state index in [2.05, 4.69) is 44.4 Å². The van der Waals surface area contributed by atoms with Crippen molar-refractivity contribution >= 4 is 35.4 Å². The molecule has 14 heteroatoms. The molecule has 54 heavy (non-hydrogen) atoms. The first kappa shape index (κ1) is 41.0. The van der Waals surface area contributed by atoms with Crippen LogP contribution in [0.25, 0.3) is 0 Å². The monoisotopic (exact) mass is 741 g/mol. The van der Waals surface area contributed by atoms with Gasteiger partial charge in [0.15, 0.2) is 0 Å². The van der Waals surface area contributed by atoms with Gasteiger partial charge in [-0.2, -0.15) is 0 Å². The summed E-state index contributed by atoms with van der Waals surface area (Å²) in [6.07, 6.45) is 2.16. The van der Waals surface area contributed by atoms with Gasteiger partial charge in [0.2, 0.25) is 35.4 Å². The number of likely N-dealkylation sites (tertiary alicyclic amines) is 1. The highest BCUT2D eigenvalue weighted by Gasteiger charge is 2.29. The van der Waals surface area contributed by atoms with E-state index in [9.17, 15) is 28.8 Å². The maximum Gasteiger partial charge on any atom is 0.243 e. The summed E-state index contributed by atoms with van der Waals surface area (Å²) in [4.78, 5) is 77.6. The Morgan fingerprint density at radius 1 is 0.704 bits per heavy atom. The molecule has 0 saturated carbocycles. The van der Waals surface area contributed by atoms with Gasteiger partial charge >= 0.3 is 0 Å². The van der Waals surface area contributed by atoms with Gasteiger partial charge in [0.25, 0.3) is 0 Å². The topological polar surface area (TPSA) is 215 Å². The number of nitrogens with zero attached hydrogens (tertiary/aromatic N) is 1. The smallest absolute Gasteiger partial charge is 0.243 e. The van der Waals surface area contributed by atoms with E-state index in [0.717, 1.165) is 49.2 Å². The third-order valence-corrected chi connectivity index (χ3v) is 9.20. The molecule has 6 amide bonds. The van der Waals surface area contributed by atoms with Crippen LogP contribution in [0.2, 0.25) is 0 Å². The van der Waals surface area contributed by atoms with Crippen LogP contribution in [0.1, 0.15) is 56.2 Å². The standard InChI is InChI=1S/C40H51N7O7/c1-26(38(51)43-27(2)39(52)46-32(37(42)50)24-29-13-7-4-8-14-29)44-40(53)33(25-35(41)48)45-36(49)19-22-47-20-17-31(18-21-47)54-34-16-10-9-15-30(34)23-28-11-5-3-6-12-28/h3-16,26-27,31-33H,17-25H2,1-2H3,(H2,41,48)(H2,42,50)(H,43,51)(H,44,53)(H,45,49)(H,46,52)/t26-,27-,32+,33-/m0/s1. The normalized spacial score (nSPS) is 15.4. The molecular formula is C40H51N7O7. The van der Waals surface area contributed by atoms with Gasteiger partial charge in [0.05, 0.1) is 6.42 Å². The van der Waals surface area contributed by atoms with Crippen molar-refractivity contribution in [2.24, 2.45) is 11.5 Å². The van der Waals surface area contributed by atoms with Crippen LogP contribution in [-0.4, -0.2) is 90.2 Å². The fourth-order valence-corrected chi connectivity index (χ4v) is 6.10. The van der Waals surface area contributed by atoms with Crippen molar-refractivity contribution in [2.75, 3.05) is 19.6 Å². The Kier molecular flexibility index (Phi) is 15.5. The Bertz CT molecular complexity index is 1730. The minimum atomic E-state index is -1.31. The number of para-hydroxylation sites is 1. The van der Waals surface area contributed by atoms with Crippen molar-refractivity contribution in [3.05, 3.63) is 102 Å². The molecule has 0 spiro atoms. The summed E-state index contributed by atoms with van der Waals surface area (Å²) in [5, 5.41) is 10.1. The Morgan fingerprint density at radius 3 is 1.87 bits per heavy atom. The Balaban J connectivity index is 1.20. The number of ether oxygens (including phenoxy) is 1. The summed E-state index contributed by atoms with van der Waals surface area (Å²) in [7, 11) is 0. The molecule has 1 fully saturated rings. The maximum atomic E-state index is 13.1. The molecule has 0 aromatic heterocycles. The van der Waals surface area contributed by atoms with Crippen LogP contribution in [-0.2, 0) is 41.6 Å². The Hall–Kier alpha value is -5.76. The summed E-state index contributed by atoms with van der Waals surface area (Å²) >= 11 is 0. The van der Waals surface area contributed by atoms with Gasteiger partial charge in [0, 0.05) is 38.9 Å². The summed E-state index contributed by atoms with van der Waals surface area (Å²) in [5.74, 6) is -3.28. The fraction of sp³-hybridized carbons (Fsp3) is 0.400. The van der Waals surface area contributed by atoms with E-state index < -0.39 is 66.0 Å². The number of carbonyl (C=O) groups excluding carboxylic acids is 6. The van der Waals surface area contributed by atoms with Crippen molar-refractivity contribution in [3.8, 4) is 5.75 Å². The highest BCUT2D eigenvalue weighted by Crippen LogP contribution is 2.25. The average molecular weight is 742 g/mol. The molecule has 1 saturated heterocycles. The lowest BCUT2D eigenvalue weighted by Crippen LogP contribution is -2.57. The van der Waals surface area contributed by atoms with Crippen molar-refractivity contribution in [1.82, 2.24) is 26.2 Å². The summed E-state index contributed by atoms with van der Waals surface area (Å²) < 4.78 is 6.41. The molecule has 0 radical (unpaired) electrons. The fourth-order valence-electron chi connectivity index (χ4n) is 6.10. The molecule has 1 aliphatic rings. The lowest BCUT2D eigenvalue weighted by atomic mass is 10.0. The highest BCUT2D eigenvalue weighted by atomic mass is 16.5. The zero-order valence-corrected chi connectivity index (χ0v) is 30.8. The molecule has 0 unspecified atom stereocenters. The predicted molar refractivity (Wildman–Crippen MR) is 203 cm³/mol. The third-order valence-electron chi connectivity index (χ3n) is 9.20. The first-order valence-electron chi connectivity index (χ1n) is 18.2. The number of carbonyl (C=O) groups is 6. The summed E-state index contributed by atoms with van der Waals surface area (Å²) in [6, 6.07) is 22.7. The molecule has 4 atom stereocenters. The largest absolute Gasteiger partial charge is 0.490 e. The molecule has 8 N–H and O–H groups in total. The van der Waals surface area contributed by atoms with Crippen LogP contribution in [0, 0.1) is 0 Å². The molecule has 0 aliphatic carbocycles. The van der Waals surface area contributed by atoms with E-state index in [1.165, 1.54) is 19.4 Å². The van der Waals surface area contributed by atoms with Crippen LogP contribution in [0.3, 0.4) is 0 Å². The lowest BCUT2D eigenvalue weighted by Gasteiger charge is -2.32. The second-order valence-electron chi connectivity index (χ2n) is 13.6. The van der Waals surface area contributed by atoms with E-state index in [1.807, 2.05) is 42.5 Å². The van der Waals surface area contributed by atoms with Gasteiger partial charge in [-0.1, -0.05) is 78.9 Å². The van der Waals surface area contributed by atoms with Gasteiger partial charge < -0.3 is 42.4 Å². The number of nitrogens with one attached hydrogen (secondary N) is 4. The van der Waals surface area contributed by atoms with Crippen LogP contribution in [0.5, 0.6) is 5.75 Å². The number of hydrogen-bond donors (Lipinski definition) is 6. The second-order valence-corrected chi connectivity index (χ2v) is 13.6. The van der Waals surface area contributed by atoms with E-state index in [4.69, 9.17) is 16.2 Å². The maximum absolute atomic E-state index is 13.1. The first-order chi connectivity index (χ1) is 25.9. The van der Waals surface area contributed by atoms with Crippen LogP contribution >= 0.6 is 0 Å². The Morgan fingerprint density at radius 2 is 1.26 bits per heavy atom. The second kappa shape index (κ2) is 20.5. The molecule has 4 rings (SSSR count). The van der Waals surface area contributed by atoms with E-state index in [1.54, 1.807) is 24.3 Å². The van der Waals surface area contributed by atoms with Gasteiger partial charge in [-0.3, -0.25) is 28.8 Å². The third kappa shape index (κ3) is 13.3. The van der Waals surface area contributed by atoms with Gasteiger partial charge in [-0.15, -0.1) is 0 Å². The highest BCUT2D eigenvalue weighted by molar-refractivity contribution is 5.96. The molecule has 288 valence electrons. The quantitative estimate of drug-likeness (QED) is 0.104. The van der Waals surface area contributed by atoms with E-state index >= 15 is 0 Å². The van der Waals surface area contributed by atoms with Crippen LogP contribution < -0.4 is 37.5 Å². The molecule has 3 aromatic carbocycles.